The monoisotopic (exact) mass is 382 g/mol. The highest BCUT2D eigenvalue weighted by molar-refractivity contribution is 9.10. The zero-order chi connectivity index (χ0) is 14.8. The second-order valence-corrected chi connectivity index (χ2v) is 6.21. The van der Waals surface area contributed by atoms with E-state index in [0.717, 1.165) is 29.5 Å². The summed E-state index contributed by atoms with van der Waals surface area (Å²) in [6.45, 7) is 2.08. The van der Waals surface area contributed by atoms with E-state index in [-0.39, 0.29) is 5.41 Å². The Hall–Kier alpha value is 0.200. The van der Waals surface area contributed by atoms with Gasteiger partial charge in [-0.1, -0.05) is 28.1 Å². The zero-order valence-corrected chi connectivity index (χ0v) is 14.8. The van der Waals surface area contributed by atoms with Crippen molar-refractivity contribution in [3.63, 3.8) is 0 Å². The first-order valence-corrected chi connectivity index (χ1v) is 8.49. The van der Waals surface area contributed by atoms with Gasteiger partial charge in [-0.05, 0) is 30.5 Å². The summed E-state index contributed by atoms with van der Waals surface area (Å²) in [5.41, 5.74) is 0.927. The summed E-state index contributed by atoms with van der Waals surface area (Å²) in [5.74, 6) is 0.971. The number of hydrogen-bond donors (Lipinski definition) is 0. The average molecular weight is 384 g/mol. The lowest BCUT2D eigenvalue weighted by molar-refractivity contribution is 0.0931. The molecule has 0 heterocycles. The molecule has 5 heteroatoms. The van der Waals surface area contributed by atoms with Crippen molar-refractivity contribution in [3.05, 3.63) is 34.3 Å². The van der Waals surface area contributed by atoms with Crippen molar-refractivity contribution < 1.29 is 9.47 Å². The van der Waals surface area contributed by atoms with Crippen LogP contribution in [-0.2, 0) is 14.9 Å². The Morgan fingerprint density at radius 2 is 1.70 bits per heavy atom. The second kappa shape index (κ2) is 10.0. The molecule has 0 radical (unpaired) electrons. The van der Waals surface area contributed by atoms with Crippen LogP contribution in [0.1, 0.15) is 18.4 Å². The first-order valence-electron chi connectivity index (χ1n) is 6.63. The Kier molecular flexibility index (Phi) is 9.14. The first-order chi connectivity index (χ1) is 9.68. The minimum atomic E-state index is -0.231. The van der Waals surface area contributed by atoms with Crippen LogP contribution in [0.5, 0.6) is 0 Å². The van der Waals surface area contributed by atoms with Crippen LogP contribution in [0.2, 0.25) is 0 Å². The summed E-state index contributed by atoms with van der Waals surface area (Å²) in [6.07, 6.45) is 1.72. The van der Waals surface area contributed by atoms with E-state index in [1.807, 2.05) is 12.1 Å². The Bertz CT molecular complexity index is 367. The van der Waals surface area contributed by atoms with Gasteiger partial charge in [-0.2, -0.15) is 0 Å². The van der Waals surface area contributed by atoms with Gasteiger partial charge >= 0.3 is 0 Å². The fourth-order valence-electron chi connectivity index (χ4n) is 1.95. The van der Waals surface area contributed by atoms with Crippen LogP contribution < -0.4 is 0 Å². The summed E-state index contributed by atoms with van der Waals surface area (Å²) < 4.78 is 11.7. The smallest absolute Gasteiger partial charge is 0.0487 e. The molecule has 0 N–H and O–H groups in total. The number of alkyl halides is 2. The van der Waals surface area contributed by atoms with Crippen LogP contribution in [0.4, 0.5) is 0 Å². The lowest BCUT2D eigenvalue weighted by Crippen LogP contribution is -2.32. The minimum Gasteiger partial charge on any atom is -0.385 e. The molecule has 1 aromatic carbocycles. The van der Waals surface area contributed by atoms with Crippen molar-refractivity contribution in [3.8, 4) is 0 Å². The third-order valence-corrected chi connectivity index (χ3v) is 4.88. The molecule has 20 heavy (non-hydrogen) atoms. The molecule has 0 spiro atoms. The summed E-state index contributed by atoms with van der Waals surface area (Å²) in [6, 6.07) is 8.17. The van der Waals surface area contributed by atoms with E-state index in [1.165, 1.54) is 0 Å². The lowest BCUT2D eigenvalue weighted by atomic mass is 9.81. The van der Waals surface area contributed by atoms with E-state index in [0.29, 0.717) is 25.0 Å². The molecule has 0 atom stereocenters. The molecule has 1 rings (SSSR count). The van der Waals surface area contributed by atoms with Gasteiger partial charge in [0, 0.05) is 48.6 Å². The maximum absolute atomic E-state index is 6.19. The van der Waals surface area contributed by atoms with E-state index in [9.17, 15) is 0 Å². The maximum Gasteiger partial charge on any atom is 0.0487 e. The lowest BCUT2D eigenvalue weighted by Gasteiger charge is -2.30. The molecule has 0 bridgehead atoms. The number of methoxy groups -OCH3 is 1. The second-order valence-electron chi connectivity index (χ2n) is 4.76. The van der Waals surface area contributed by atoms with Gasteiger partial charge in [0.25, 0.3) is 0 Å². The van der Waals surface area contributed by atoms with Gasteiger partial charge in [-0.3, -0.25) is 0 Å². The molecule has 0 aromatic heterocycles. The third-order valence-electron chi connectivity index (χ3n) is 3.33. The molecule has 1 aromatic rings. The fraction of sp³-hybridized carbons (Fsp3) is 0.600. The topological polar surface area (TPSA) is 18.5 Å². The summed E-state index contributed by atoms with van der Waals surface area (Å²) in [5, 5.41) is 0. The molecule has 0 saturated carbocycles. The molecule has 0 aliphatic carbocycles. The van der Waals surface area contributed by atoms with Crippen molar-refractivity contribution in [2.24, 2.45) is 0 Å². The molecule has 0 amide bonds. The molecular formula is C15H21BrCl2O2. The Labute approximate surface area is 139 Å². The Morgan fingerprint density at radius 3 is 2.25 bits per heavy atom. The van der Waals surface area contributed by atoms with Gasteiger partial charge in [0.1, 0.15) is 0 Å². The van der Waals surface area contributed by atoms with E-state index < -0.39 is 0 Å². The molecule has 0 unspecified atom stereocenters. The first kappa shape index (κ1) is 18.2. The van der Waals surface area contributed by atoms with Crippen LogP contribution in [0.3, 0.4) is 0 Å². The average Bonchev–Trinajstić information content (AvgIpc) is 2.48. The van der Waals surface area contributed by atoms with Gasteiger partial charge in [-0.15, -0.1) is 23.2 Å². The highest BCUT2D eigenvalue weighted by atomic mass is 79.9. The van der Waals surface area contributed by atoms with Crippen LogP contribution in [0.15, 0.2) is 28.7 Å². The molecular weight excluding hydrogens is 363 g/mol. The quantitative estimate of drug-likeness (QED) is 0.434. The van der Waals surface area contributed by atoms with Gasteiger partial charge in [0.2, 0.25) is 0 Å². The van der Waals surface area contributed by atoms with Crippen LogP contribution in [0.25, 0.3) is 0 Å². The van der Waals surface area contributed by atoms with E-state index in [4.69, 9.17) is 32.7 Å². The van der Waals surface area contributed by atoms with E-state index in [1.54, 1.807) is 7.11 Å². The van der Waals surface area contributed by atoms with Crippen molar-refractivity contribution in [2.75, 3.05) is 38.7 Å². The van der Waals surface area contributed by atoms with Gasteiger partial charge in [0.05, 0.1) is 0 Å². The summed E-state index contributed by atoms with van der Waals surface area (Å²) in [7, 11) is 1.69. The van der Waals surface area contributed by atoms with Crippen LogP contribution in [-0.4, -0.2) is 38.7 Å². The van der Waals surface area contributed by atoms with Gasteiger partial charge < -0.3 is 9.47 Å². The fourth-order valence-corrected chi connectivity index (χ4v) is 3.07. The Balaban J connectivity index is 2.56. The maximum atomic E-state index is 6.19. The molecule has 0 aliphatic rings. The highest BCUT2D eigenvalue weighted by Crippen LogP contribution is 2.32. The van der Waals surface area contributed by atoms with Crippen LogP contribution in [0, 0.1) is 0 Å². The minimum absolute atomic E-state index is 0.231. The van der Waals surface area contributed by atoms with E-state index >= 15 is 0 Å². The number of hydrogen-bond acceptors (Lipinski definition) is 2. The molecule has 0 aliphatic heterocycles. The number of rotatable bonds is 10. The standard InChI is InChI=1S/C15H21BrCl2O2/c1-19-8-2-9-20-10-7-15(11-17,12-18)13-3-5-14(16)6-4-13/h3-6H,2,7-12H2,1H3. The SMILES string of the molecule is COCCCOCCC(CCl)(CCl)c1ccc(Br)cc1. The highest BCUT2D eigenvalue weighted by Gasteiger charge is 2.30. The predicted octanol–water partition coefficient (Wildman–Crippen LogP) is 4.61. The molecule has 0 fully saturated rings. The van der Waals surface area contributed by atoms with Crippen molar-refractivity contribution in [1.82, 2.24) is 0 Å². The molecule has 0 saturated heterocycles. The number of halogens is 3. The molecule has 114 valence electrons. The normalized spacial score (nSPS) is 11.8. The number of benzene rings is 1. The Morgan fingerprint density at radius 1 is 1.05 bits per heavy atom. The van der Waals surface area contributed by atoms with Crippen LogP contribution >= 0.6 is 39.1 Å². The van der Waals surface area contributed by atoms with Crippen molar-refractivity contribution in [1.29, 1.82) is 0 Å². The van der Waals surface area contributed by atoms with Crippen molar-refractivity contribution in [2.45, 2.75) is 18.3 Å². The molecule has 2 nitrogen and oxygen atoms in total. The third kappa shape index (κ3) is 5.53. The van der Waals surface area contributed by atoms with Gasteiger partial charge in [-0.25, -0.2) is 0 Å². The van der Waals surface area contributed by atoms with Gasteiger partial charge in [0.15, 0.2) is 0 Å². The summed E-state index contributed by atoms with van der Waals surface area (Å²) >= 11 is 15.8. The number of ether oxygens (including phenoxy) is 2. The van der Waals surface area contributed by atoms with E-state index in [2.05, 4.69) is 28.1 Å². The zero-order valence-electron chi connectivity index (χ0n) is 11.7. The largest absolute Gasteiger partial charge is 0.385 e. The summed E-state index contributed by atoms with van der Waals surface area (Å²) in [4.78, 5) is 0. The van der Waals surface area contributed by atoms with Crippen molar-refractivity contribution >= 4 is 39.1 Å². The predicted molar refractivity (Wildman–Crippen MR) is 89.2 cm³/mol.